The van der Waals surface area contributed by atoms with Crippen LogP contribution in [0.5, 0.6) is 5.75 Å². The van der Waals surface area contributed by atoms with E-state index < -0.39 is 11.8 Å². The van der Waals surface area contributed by atoms with Crippen LogP contribution in [0.15, 0.2) is 24.3 Å². The van der Waals surface area contributed by atoms with Crippen molar-refractivity contribution in [2.45, 2.75) is 6.54 Å². The Morgan fingerprint density at radius 1 is 1.47 bits per heavy atom. The number of benzene rings is 1. The highest BCUT2D eigenvalue weighted by Crippen LogP contribution is 2.13. The molecule has 0 aliphatic heterocycles. The van der Waals surface area contributed by atoms with Gasteiger partial charge in [0.15, 0.2) is 0 Å². The molecular weight excluding hydrogens is 246 g/mol. The fourth-order valence-corrected chi connectivity index (χ4v) is 1.49. The third-order valence-corrected chi connectivity index (χ3v) is 2.42. The summed E-state index contributed by atoms with van der Waals surface area (Å²) in [5.41, 5.74) is 0.850. The molecule has 0 heterocycles. The smallest absolute Gasteiger partial charge is 0.311 e. The molecule has 0 aliphatic carbocycles. The Labute approximate surface area is 111 Å². The van der Waals surface area contributed by atoms with Gasteiger partial charge in [-0.3, -0.25) is 9.59 Å². The van der Waals surface area contributed by atoms with Gasteiger partial charge in [-0.15, -0.1) is 0 Å². The topological polar surface area (TPSA) is 82.4 Å². The van der Waals surface area contributed by atoms with Gasteiger partial charge in [-0.25, -0.2) is 0 Å². The molecule has 0 spiro atoms. The minimum atomic E-state index is -0.785. The van der Waals surface area contributed by atoms with Crippen LogP contribution in [0.3, 0.4) is 0 Å². The Morgan fingerprint density at radius 3 is 2.84 bits per heavy atom. The molecule has 0 radical (unpaired) electrons. The van der Waals surface area contributed by atoms with Gasteiger partial charge in [0.2, 0.25) is 0 Å². The van der Waals surface area contributed by atoms with E-state index in [0.717, 1.165) is 5.56 Å². The fraction of sp³-hybridized carbons (Fsp3) is 0.308. The van der Waals surface area contributed by atoms with Crippen molar-refractivity contribution >= 4 is 11.8 Å². The van der Waals surface area contributed by atoms with Crippen molar-refractivity contribution in [2.24, 2.45) is 0 Å². The summed E-state index contributed by atoms with van der Waals surface area (Å²) in [6.45, 7) is 0.105. The van der Waals surface area contributed by atoms with Crippen LogP contribution < -0.4 is 10.1 Å². The Morgan fingerprint density at radius 2 is 2.21 bits per heavy atom. The van der Waals surface area contributed by atoms with E-state index in [0.29, 0.717) is 5.75 Å². The van der Waals surface area contributed by atoms with Gasteiger partial charge in [0, 0.05) is 13.6 Å². The summed E-state index contributed by atoms with van der Waals surface area (Å²) < 4.78 is 5.08. The first kappa shape index (κ1) is 14.5. The van der Waals surface area contributed by atoms with Crippen LogP contribution in [0.2, 0.25) is 0 Å². The maximum absolute atomic E-state index is 11.7. The molecule has 0 atom stereocenters. The van der Waals surface area contributed by atoms with Crippen LogP contribution in [-0.2, 0) is 16.1 Å². The third kappa shape index (κ3) is 4.32. The molecule has 1 N–H and O–H groups in total. The SMILES string of the molecule is COc1cccc(CN(C)C(=O)C(=O)NCC#N)c1. The Hall–Kier alpha value is -2.55. The summed E-state index contributed by atoms with van der Waals surface area (Å²) in [6, 6.07) is 8.96. The number of amides is 2. The standard InChI is InChI=1S/C13H15N3O3/c1-16(13(18)12(17)15-7-6-14)9-10-4-3-5-11(8-10)19-2/h3-5,8H,7,9H2,1-2H3,(H,15,17). The van der Waals surface area contributed by atoms with Crippen molar-refractivity contribution in [3.8, 4) is 11.8 Å². The molecule has 19 heavy (non-hydrogen) atoms. The van der Waals surface area contributed by atoms with E-state index in [2.05, 4.69) is 5.32 Å². The normalized spacial score (nSPS) is 9.32. The number of nitrogens with zero attached hydrogens (tertiary/aromatic N) is 2. The molecule has 0 bridgehead atoms. The molecular formula is C13H15N3O3. The average molecular weight is 261 g/mol. The number of hydrogen-bond donors (Lipinski definition) is 1. The first-order valence-corrected chi connectivity index (χ1v) is 5.61. The summed E-state index contributed by atoms with van der Waals surface area (Å²) in [6.07, 6.45) is 0. The monoisotopic (exact) mass is 261 g/mol. The van der Waals surface area contributed by atoms with E-state index >= 15 is 0 Å². The predicted molar refractivity (Wildman–Crippen MR) is 68.1 cm³/mol. The molecule has 6 nitrogen and oxygen atoms in total. The van der Waals surface area contributed by atoms with Crippen molar-refractivity contribution in [3.05, 3.63) is 29.8 Å². The van der Waals surface area contributed by atoms with Crippen LogP contribution in [-0.4, -0.2) is 37.4 Å². The van der Waals surface area contributed by atoms with Gasteiger partial charge < -0.3 is 15.0 Å². The number of methoxy groups -OCH3 is 1. The van der Waals surface area contributed by atoms with E-state index in [4.69, 9.17) is 10.00 Å². The molecule has 6 heteroatoms. The van der Waals surface area contributed by atoms with Gasteiger partial charge in [-0.2, -0.15) is 5.26 Å². The zero-order chi connectivity index (χ0) is 14.3. The van der Waals surface area contributed by atoms with E-state index in [1.165, 1.54) is 11.9 Å². The van der Waals surface area contributed by atoms with Gasteiger partial charge in [0.05, 0.1) is 13.2 Å². The summed E-state index contributed by atoms with van der Waals surface area (Å²) >= 11 is 0. The van der Waals surface area contributed by atoms with Crippen LogP contribution in [0.25, 0.3) is 0 Å². The van der Waals surface area contributed by atoms with Gasteiger partial charge in [-0.05, 0) is 17.7 Å². The number of ether oxygens (including phenoxy) is 1. The van der Waals surface area contributed by atoms with Crippen LogP contribution in [0, 0.1) is 11.3 Å². The highest BCUT2D eigenvalue weighted by atomic mass is 16.5. The molecule has 0 aromatic heterocycles. The molecule has 1 aromatic carbocycles. The number of rotatable bonds is 4. The van der Waals surface area contributed by atoms with Gasteiger partial charge in [-0.1, -0.05) is 12.1 Å². The summed E-state index contributed by atoms with van der Waals surface area (Å²) in [7, 11) is 3.08. The van der Waals surface area contributed by atoms with Gasteiger partial charge in [0.1, 0.15) is 12.3 Å². The second-order valence-electron chi connectivity index (χ2n) is 3.85. The van der Waals surface area contributed by atoms with E-state index in [9.17, 15) is 9.59 Å². The minimum Gasteiger partial charge on any atom is -0.497 e. The number of nitrogens with one attached hydrogen (secondary N) is 1. The minimum absolute atomic E-state index is 0.183. The van der Waals surface area contributed by atoms with Crippen molar-refractivity contribution < 1.29 is 14.3 Å². The first-order valence-electron chi connectivity index (χ1n) is 5.61. The van der Waals surface area contributed by atoms with Gasteiger partial charge in [0.25, 0.3) is 0 Å². The van der Waals surface area contributed by atoms with Crippen molar-refractivity contribution in [3.63, 3.8) is 0 Å². The lowest BCUT2D eigenvalue weighted by Crippen LogP contribution is -2.40. The predicted octanol–water partition coefficient (Wildman–Crippen LogP) is 0.293. The van der Waals surface area contributed by atoms with E-state index in [-0.39, 0.29) is 13.1 Å². The quantitative estimate of drug-likeness (QED) is 0.624. The van der Waals surface area contributed by atoms with E-state index in [1.54, 1.807) is 25.3 Å². The first-order chi connectivity index (χ1) is 9.08. The lowest BCUT2D eigenvalue weighted by Gasteiger charge is -2.16. The second-order valence-corrected chi connectivity index (χ2v) is 3.85. The van der Waals surface area contributed by atoms with Crippen molar-refractivity contribution in [2.75, 3.05) is 20.7 Å². The fourth-order valence-electron chi connectivity index (χ4n) is 1.49. The number of carbonyl (C=O) groups excluding carboxylic acids is 2. The number of likely N-dealkylation sites (N-methyl/N-ethyl adjacent to an activating group) is 1. The number of hydrogen-bond acceptors (Lipinski definition) is 4. The molecule has 0 fully saturated rings. The number of nitriles is 1. The molecule has 1 rings (SSSR count). The highest BCUT2D eigenvalue weighted by Gasteiger charge is 2.18. The van der Waals surface area contributed by atoms with Crippen LogP contribution in [0.4, 0.5) is 0 Å². The lowest BCUT2D eigenvalue weighted by atomic mass is 10.2. The summed E-state index contributed by atoms with van der Waals surface area (Å²) in [4.78, 5) is 24.3. The highest BCUT2D eigenvalue weighted by molar-refractivity contribution is 6.34. The molecule has 0 saturated carbocycles. The number of carbonyl (C=O) groups is 2. The summed E-state index contributed by atoms with van der Waals surface area (Å²) in [5, 5.41) is 10.5. The van der Waals surface area contributed by atoms with Crippen molar-refractivity contribution in [1.82, 2.24) is 10.2 Å². The molecule has 2 amide bonds. The van der Waals surface area contributed by atoms with Crippen LogP contribution >= 0.6 is 0 Å². The van der Waals surface area contributed by atoms with Crippen molar-refractivity contribution in [1.29, 1.82) is 5.26 Å². The lowest BCUT2D eigenvalue weighted by molar-refractivity contribution is -0.145. The maximum atomic E-state index is 11.7. The summed E-state index contributed by atoms with van der Waals surface area (Å²) in [5.74, 6) is -0.780. The molecule has 100 valence electrons. The van der Waals surface area contributed by atoms with E-state index in [1.807, 2.05) is 12.1 Å². The van der Waals surface area contributed by atoms with Gasteiger partial charge >= 0.3 is 11.8 Å². The largest absolute Gasteiger partial charge is 0.497 e. The third-order valence-electron chi connectivity index (χ3n) is 2.42. The molecule has 0 saturated heterocycles. The molecule has 0 unspecified atom stereocenters. The zero-order valence-electron chi connectivity index (χ0n) is 10.8. The Balaban J connectivity index is 2.63. The van der Waals surface area contributed by atoms with Crippen LogP contribution in [0.1, 0.15) is 5.56 Å². The average Bonchev–Trinajstić information content (AvgIpc) is 2.43. The Kier molecular flexibility index (Phi) is 5.35. The molecule has 0 aliphatic rings. The molecule has 1 aromatic rings. The maximum Gasteiger partial charge on any atom is 0.311 e. The Bertz CT molecular complexity index is 508. The second kappa shape index (κ2) is 7.01. The zero-order valence-corrected chi connectivity index (χ0v) is 10.8.